The van der Waals surface area contributed by atoms with Gasteiger partial charge in [0.05, 0.1) is 0 Å². The fourth-order valence-electron chi connectivity index (χ4n) is 4.62. The average molecular weight is 423 g/mol. The van der Waals surface area contributed by atoms with Crippen LogP contribution in [0.2, 0.25) is 0 Å². The van der Waals surface area contributed by atoms with E-state index in [1.54, 1.807) is 4.90 Å². The van der Waals surface area contributed by atoms with Crippen LogP contribution in [0.25, 0.3) is 5.57 Å². The lowest BCUT2D eigenvalue weighted by atomic mass is 9.59. The number of ether oxygens (including phenoxy) is 1. The van der Waals surface area contributed by atoms with Crippen LogP contribution < -0.4 is 5.73 Å². The predicted octanol–water partition coefficient (Wildman–Crippen LogP) is 5.68. The Kier molecular flexibility index (Phi) is 5.42. The highest BCUT2D eigenvalue weighted by Gasteiger charge is 2.53. The van der Waals surface area contributed by atoms with Crippen molar-refractivity contribution in [2.75, 3.05) is 13.1 Å². The SMILES string of the molecule is C[C@@H](N)c1ccc(C(=C2CC3(C2)CN(C(=O)OC(C)(C)C)C3)c2ccc(F)cc2)cc1. The van der Waals surface area contributed by atoms with E-state index in [9.17, 15) is 9.18 Å². The standard InChI is InChI=1S/C26H31FN2O2/c1-17(28)18-5-7-19(8-6-18)23(20-9-11-22(27)12-10-20)21-13-26(14-21)15-29(16-26)24(30)31-25(2,3)4/h5-12,17H,13-16,28H2,1-4H3/t17-/m1/s1. The summed E-state index contributed by atoms with van der Waals surface area (Å²) in [5.74, 6) is -0.238. The van der Waals surface area contributed by atoms with Crippen molar-refractivity contribution in [3.63, 3.8) is 0 Å². The minimum absolute atomic E-state index is 0.0169. The van der Waals surface area contributed by atoms with Gasteiger partial charge in [-0.25, -0.2) is 9.18 Å². The third kappa shape index (κ3) is 4.52. The van der Waals surface area contributed by atoms with Gasteiger partial charge in [-0.2, -0.15) is 0 Å². The van der Waals surface area contributed by atoms with Gasteiger partial charge in [0, 0.05) is 24.5 Å². The van der Waals surface area contributed by atoms with Gasteiger partial charge in [-0.15, -0.1) is 0 Å². The number of rotatable bonds is 3. The highest BCUT2D eigenvalue weighted by atomic mass is 19.1. The van der Waals surface area contributed by atoms with Crippen LogP contribution in [0.4, 0.5) is 9.18 Å². The third-order valence-corrected chi connectivity index (χ3v) is 6.09. The van der Waals surface area contributed by atoms with E-state index < -0.39 is 5.60 Å². The van der Waals surface area contributed by atoms with Gasteiger partial charge in [-0.1, -0.05) is 42.0 Å². The molecular formula is C26H31FN2O2. The largest absolute Gasteiger partial charge is 0.444 e. The summed E-state index contributed by atoms with van der Waals surface area (Å²) in [6, 6.07) is 15.0. The number of halogens is 1. The monoisotopic (exact) mass is 422 g/mol. The minimum Gasteiger partial charge on any atom is -0.444 e. The summed E-state index contributed by atoms with van der Waals surface area (Å²) in [4.78, 5) is 14.1. The van der Waals surface area contributed by atoms with Gasteiger partial charge in [0.1, 0.15) is 11.4 Å². The van der Waals surface area contributed by atoms with Crippen LogP contribution >= 0.6 is 0 Å². The van der Waals surface area contributed by atoms with Crippen LogP contribution in [-0.4, -0.2) is 29.7 Å². The van der Waals surface area contributed by atoms with Crippen molar-refractivity contribution in [2.45, 2.75) is 52.2 Å². The molecule has 31 heavy (non-hydrogen) atoms. The molecule has 0 radical (unpaired) electrons. The molecule has 4 nitrogen and oxygen atoms in total. The van der Waals surface area contributed by atoms with Crippen molar-refractivity contribution < 1.29 is 13.9 Å². The molecule has 1 saturated carbocycles. The summed E-state index contributed by atoms with van der Waals surface area (Å²) in [6.07, 6.45) is 1.64. The highest BCUT2D eigenvalue weighted by Crippen LogP contribution is 2.54. The van der Waals surface area contributed by atoms with Gasteiger partial charge < -0.3 is 15.4 Å². The van der Waals surface area contributed by atoms with Crippen molar-refractivity contribution in [3.05, 3.63) is 76.6 Å². The van der Waals surface area contributed by atoms with E-state index in [2.05, 4.69) is 24.3 Å². The Morgan fingerprint density at radius 2 is 1.55 bits per heavy atom. The van der Waals surface area contributed by atoms with Crippen molar-refractivity contribution in [1.29, 1.82) is 0 Å². The van der Waals surface area contributed by atoms with Crippen molar-refractivity contribution >= 4 is 11.7 Å². The lowest BCUT2D eigenvalue weighted by molar-refractivity contribution is -0.0500. The minimum atomic E-state index is -0.479. The number of nitrogens with two attached hydrogens (primary N) is 1. The zero-order valence-electron chi connectivity index (χ0n) is 18.7. The Bertz CT molecular complexity index is 985. The number of hydrogen-bond donors (Lipinski definition) is 1. The maximum absolute atomic E-state index is 13.5. The molecule has 2 aromatic rings. The first-order chi connectivity index (χ1) is 14.6. The summed E-state index contributed by atoms with van der Waals surface area (Å²) >= 11 is 0. The molecule has 1 amide bonds. The van der Waals surface area contributed by atoms with Crippen molar-refractivity contribution in [3.8, 4) is 0 Å². The van der Waals surface area contributed by atoms with Crippen molar-refractivity contribution in [1.82, 2.24) is 4.90 Å². The van der Waals surface area contributed by atoms with Crippen LogP contribution in [0.15, 0.2) is 54.1 Å². The average Bonchev–Trinajstić information content (AvgIpc) is 2.62. The van der Waals surface area contributed by atoms with Gasteiger partial charge in [0.2, 0.25) is 0 Å². The third-order valence-electron chi connectivity index (χ3n) is 6.09. The van der Waals surface area contributed by atoms with E-state index in [0.717, 1.165) is 48.2 Å². The van der Waals surface area contributed by atoms with E-state index in [0.29, 0.717) is 0 Å². The molecule has 1 aliphatic carbocycles. The van der Waals surface area contributed by atoms with Gasteiger partial charge in [0.25, 0.3) is 0 Å². The number of carbonyl (C=O) groups is 1. The molecule has 1 atom stereocenters. The summed E-state index contributed by atoms with van der Waals surface area (Å²) < 4.78 is 19.0. The first-order valence-electron chi connectivity index (χ1n) is 10.9. The fourth-order valence-corrected chi connectivity index (χ4v) is 4.62. The van der Waals surface area contributed by atoms with Crippen LogP contribution in [0, 0.1) is 11.2 Å². The van der Waals surface area contributed by atoms with Crippen LogP contribution in [-0.2, 0) is 4.74 Å². The number of benzene rings is 2. The first kappa shape index (κ1) is 21.6. The van der Waals surface area contributed by atoms with Gasteiger partial charge in [-0.3, -0.25) is 0 Å². The smallest absolute Gasteiger partial charge is 0.410 e. The molecule has 2 aromatic carbocycles. The fraction of sp³-hybridized carbons (Fsp3) is 0.423. The number of carbonyl (C=O) groups excluding carboxylic acids is 1. The van der Waals surface area contributed by atoms with Crippen molar-refractivity contribution in [2.24, 2.45) is 11.1 Å². The number of likely N-dealkylation sites (tertiary alicyclic amines) is 1. The molecule has 0 unspecified atom stereocenters. The Morgan fingerprint density at radius 3 is 2.03 bits per heavy atom. The number of hydrogen-bond acceptors (Lipinski definition) is 3. The van der Waals surface area contributed by atoms with Crippen LogP contribution in [0.1, 0.15) is 63.3 Å². The lowest BCUT2D eigenvalue weighted by Crippen LogP contribution is -2.62. The molecular weight excluding hydrogens is 391 g/mol. The maximum atomic E-state index is 13.5. The second-order valence-electron chi connectivity index (χ2n) is 10.1. The quantitative estimate of drug-likeness (QED) is 0.692. The highest BCUT2D eigenvalue weighted by molar-refractivity contribution is 5.83. The molecule has 5 heteroatoms. The molecule has 1 saturated heterocycles. The lowest BCUT2D eigenvalue weighted by Gasteiger charge is -2.57. The normalized spacial score (nSPS) is 18.3. The number of amides is 1. The molecule has 2 N–H and O–H groups in total. The molecule has 4 rings (SSSR count). The second-order valence-corrected chi connectivity index (χ2v) is 10.1. The molecule has 1 spiro atoms. The Hall–Kier alpha value is -2.66. The summed E-state index contributed by atoms with van der Waals surface area (Å²) in [6.45, 7) is 9.08. The van der Waals surface area contributed by atoms with Gasteiger partial charge in [-0.05, 0) is 74.9 Å². The summed E-state index contributed by atoms with van der Waals surface area (Å²) in [7, 11) is 0. The predicted molar refractivity (Wildman–Crippen MR) is 121 cm³/mol. The van der Waals surface area contributed by atoms with E-state index in [1.807, 2.05) is 39.8 Å². The van der Waals surface area contributed by atoms with Gasteiger partial charge in [0.15, 0.2) is 0 Å². The molecule has 0 bridgehead atoms. The first-order valence-corrected chi connectivity index (χ1v) is 10.9. The molecule has 164 valence electrons. The van der Waals surface area contributed by atoms with Gasteiger partial charge >= 0.3 is 6.09 Å². The zero-order chi connectivity index (χ0) is 22.4. The van der Waals surface area contributed by atoms with Crippen LogP contribution in [0.5, 0.6) is 0 Å². The van der Waals surface area contributed by atoms with E-state index >= 15 is 0 Å². The summed E-state index contributed by atoms with van der Waals surface area (Å²) in [5.41, 5.74) is 11.4. The molecule has 2 fully saturated rings. The Morgan fingerprint density at radius 1 is 1.03 bits per heavy atom. The molecule has 0 aromatic heterocycles. The van der Waals surface area contributed by atoms with Crippen LogP contribution in [0.3, 0.4) is 0 Å². The Balaban J connectivity index is 1.55. The molecule has 2 aliphatic rings. The molecule has 1 aliphatic heterocycles. The van der Waals surface area contributed by atoms with E-state index in [1.165, 1.54) is 17.7 Å². The zero-order valence-corrected chi connectivity index (χ0v) is 18.7. The van der Waals surface area contributed by atoms with E-state index in [-0.39, 0.29) is 23.4 Å². The number of allylic oxidation sites excluding steroid dienone is 1. The Labute approximate surface area is 183 Å². The number of nitrogens with zero attached hydrogens (tertiary/aromatic N) is 1. The summed E-state index contributed by atoms with van der Waals surface area (Å²) in [5, 5.41) is 0. The second kappa shape index (κ2) is 7.79. The molecule has 1 heterocycles. The van der Waals surface area contributed by atoms with E-state index in [4.69, 9.17) is 10.5 Å². The topological polar surface area (TPSA) is 55.6 Å². The maximum Gasteiger partial charge on any atom is 0.410 e.